The molecule has 0 saturated carbocycles. The van der Waals surface area contributed by atoms with Crippen molar-refractivity contribution in [3.8, 4) is 89.8 Å². The molecule has 0 amide bonds. The average Bonchev–Trinajstić information content (AvgIpc) is 3.27. The summed E-state index contributed by atoms with van der Waals surface area (Å²) in [5.41, 5.74) is 14.2. The molecule has 3 nitrogen and oxygen atoms in total. The molecular weight excluding hydrogens is 655 g/mol. The molecule has 0 bridgehead atoms. The number of hydrogen-bond donors (Lipinski definition) is 0. The van der Waals surface area contributed by atoms with Crippen LogP contribution >= 0.6 is 0 Å². The normalized spacial score (nSPS) is 11.0. The smallest absolute Gasteiger partial charge is 0.164 e. The molecule has 0 aliphatic carbocycles. The fourth-order valence-electron chi connectivity index (χ4n) is 6.88. The molecule has 0 aliphatic heterocycles. The first-order valence-corrected chi connectivity index (χ1v) is 18.2. The van der Waals surface area contributed by atoms with Gasteiger partial charge >= 0.3 is 0 Å². The molecule has 8 aromatic carbocycles. The third-order valence-electron chi connectivity index (χ3n) is 9.74. The lowest BCUT2D eigenvalue weighted by Crippen LogP contribution is -2.00. The summed E-state index contributed by atoms with van der Waals surface area (Å²) in [5.74, 6) is 1.87. The second kappa shape index (κ2) is 14.8. The zero-order chi connectivity index (χ0) is 36.1. The Labute approximate surface area is 316 Å². The highest BCUT2D eigenvalue weighted by Gasteiger charge is 2.16. The van der Waals surface area contributed by atoms with Gasteiger partial charge in [0.25, 0.3) is 0 Å². The van der Waals surface area contributed by atoms with Crippen LogP contribution in [0.1, 0.15) is 0 Å². The Kier molecular flexibility index (Phi) is 8.94. The number of hydrogen-bond acceptors (Lipinski definition) is 3. The van der Waals surface area contributed by atoms with Crippen LogP contribution in [-0.4, -0.2) is 15.0 Å². The van der Waals surface area contributed by atoms with E-state index < -0.39 is 0 Å². The van der Waals surface area contributed by atoms with Crippen LogP contribution in [0.2, 0.25) is 0 Å². The van der Waals surface area contributed by atoms with Crippen LogP contribution in [0.5, 0.6) is 0 Å². The van der Waals surface area contributed by atoms with Crippen LogP contribution < -0.4 is 0 Å². The molecule has 0 fully saturated rings. The van der Waals surface area contributed by atoms with E-state index in [9.17, 15) is 0 Å². The number of benzene rings is 8. The fourth-order valence-corrected chi connectivity index (χ4v) is 6.88. The minimum Gasteiger partial charge on any atom is -0.208 e. The topological polar surface area (TPSA) is 38.7 Å². The lowest BCUT2D eigenvalue weighted by Gasteiger charge is -2.13. The Bertz CT molecular complexity index is 2550. The van der Waals surface area contributed by atoms with Crippen molar-refractivity contribution >= 4 is 0 Å². The fraction of sp³-hybridized carbons (Fsp3) is 0. The molecule has 9 rings (SSSR count). The summed E-state index contributed by atoms with van der Waals surface area (Å²) in [6.45, 7) is 0. The summed E-state index contributed by atoms with van der Waals surface area (Å²) in [6, 6.07) is 74.2. The molecule has 254 valence electrons. The van der Waals surface area contributed by atoms with Gasteiger partial charge in [0.2, 0.25) is 0 Å². The van der Waals surface area contributed by atoms with Gasteiger partial charge in [0, 0.05) is 16.7 Å². The third kappa shape index (κ3) is 6.99. The van der Waals surface area contributed by atoms with Crippen molar-refractivity contribution in [2.75, 3.05) is 0 Å². The quantitative estimate of drug-likeness (QED) is 0.159. The van der Waals surface area contributed by atoms with Crippen molar-refractivity contribution in [1.29, 1.82) is 0 Å². The molecule has 0 aliphatic rings. The zero-order valence-corrected chi connectivity index (χ0v) is 29.5. The summed E-state index contributed by atoms with van der Waals surface area (Å²) in [5, 5.41) is 0. The van der Waals surface area contributed by atoms with E-state index >= 15 is 0 Å². The highest BCUT2D eigenvalue weighted by atomic mass is 15.0. The summed E-state index contributed by atoms with van der Waals surface area (Å²) in [4.78, 5) is 15.4. The van der Waals surface area contributed by atoms with Crippen LogP contribution in [0.4, 0.5) is 0 Å². The van der Waals surface area contributed by atoms with Crippen LogP contribution in [0.3, 0.4) is 0 Å². The number of nitrogens with zero attached hydrogens (tertiary/aromatic N) is 3. The molecular formula is C51H35N3. The molecule has 1 heterocycles. The monoisotopic (exact) mass is 689 g/mol. The van der Waals surface area contributed by atoms with Gasteiger partial charge < -0.3 is 0 Å². The van der Waals surface area contributed by atoms with Gasteiger partial charge in [-0.3, -0.25) is 0 Å². The van der Waals surface area contributed by atoms with Gasteiger partial charge in [-0.15, -0.1) is 0 Å². The highest BCUT2D eigenvalue weighted by Crippen LogP contribution is 2.35. The van der Waals surface area contributed by atoms with E-state index in [1.54, 1.807) is 0 Å². The molecule has 0 radical (unpaired) electrons. The van der Waals surface area contributed by atoms with Gasteiger partial charge in [-0.2, -0.15) is 0 Å². The summed E-state index contributed by atoms with van der Waals surface area (Å²) < 4.78 is 0. The SMILES string of the molecule is c1ccc(-c2ccc(-c3nc(-c4ccc(-c5ccccc5)cc4)nc(-c4cc(-c5ccccc5)cc(-c5cccc(-c6ccccc6)c5)c4)n3)cc2)cc1. The van der Waals surface area contributed by atoms with Crippen molar-refractivity contribution in [3.05, 3.63) is 212 Å². The molecule has 0 unspecified atom stereocenters. The van der Waals surface area contributed by atoms with Crippen molar-refractivity contribution in [3.63, 3.8) is 0 Å². The van der Waals surface area contributed by atoms with Gasteiger partial charge in [-0.1, -0.05) is 188 Å². The maximum absolute atomic E-state index is 5.18. The third-order valence-corrected chi connectivity index (χ3v) is 9.74. The lowest BCUT2D eigenvalue weighted by molar-refractivity contribution is 1.07. The first kappa shape index (κ1) is 32.7. The molecule has 0 saturated heterocycles. The maximum atomic E-state index is 5.18. The van der Waals surface area contributed by atoms with Gasteiger partial charge in [0.1, 0.15) is 0 Å². The first-order valence-electron chi connectivity index (χ1n) is 18.2. The zero-order valence-electron chi connectivity index (χ0n) is 29.5. The standard InChI is InChI=1S/C51H35N3/c1-5-14-36(15-6-1)40-24-28-42(29-25-40)49-52-50(43-30-26-41(27-31-43)37-16-7-2-8-17-37)54-51(53-49)48-34-46(39-20-11-4-12-21-39)33-47(35-48)45-23-13-22-44(32-45)38-18-9-3-10-19-38/h1-35H. The number of rotatable bonds is 8. The maximum Gasteiger partial charge on any atom is 0.164 e. The molecule has 0 N–H and O–H groups in total. The van der Waals surface area contributed by atoms with Crippen LogP contribution in [0.25, 0.3) is 89.8 Å². The highest BCUT2D eigenvalue weighted by molar-refractivity contribution is 5.82. The van der Waals surface area contributed by atoms with E-state index in [1.165, 1.54) is 22.3 Å². The van der Waals surface area contributed by atoms with Gasteiger partial charge in [0.15, 0.2) is 17.5 Å². The Morgan fingerprint density at radius 1 is 0.167 bits per heavy atom. The average molecular weight is 690 g/mol. The molecule has 9 aromatic rings. The van der Waals surface area contributed by atoms with Gasteiger partial charge in [-0.05, 0) is 79.9 Å². The summed E-state index contributed by atoms with van der Waals surface area (Å²) in [7, 11) is 0. The first-order chi connectivity index (χ1) is 26.7. The van der Waals surface area contributed by atoms with E-state index in [0.717, 1.165) is 50.1 Å². The lowest BCUT2D eigenvalue weighted by atomic mass is 9.94. The Morgan fingerprint density at radius 2 is 0.407 bits per heavy atom. The van der Waals surface area contributed by atoms with E-state index in [1.807, 2.05) is 18.2 Å². The molecule has 1 aromatic heterocycles. The van der Waals surface area contributed by atoms with Crippen LogP contribution in [-0.2, 0) is 0 Å². The minimum atomic E-state index is 0.618. The van der Waals surface area contributed by atoms with Gasteiger partial charge in [0.05, 0.1) is 0 Å². The minimum absolute atomic E-state index is 0.618. The molecule has 0 atom stereocenters. The number of aromatic nitrogens is 3. The Morgan fingerprint density at radius 3 is 0.833 bits per heavy atom. The predicted molar refractivity (Wildman–Crippen MR) is 223 cm³/mol. The van der Waals surface area contributed by atoms with E-state index in [-0.39, 0.29) is 0 Å². The van der Waals surface area contributed by atoms with Crippen LogP contribution in [0.15, 0.2) is 212 Å². The van der Waals surface area contributed by atoms with Crippen molar-refractivity contribution in [1.82, 2.24) is 15.0 Å². The Hall–Kier alpha value is -7.23. The predicted octanol–water partition coefficient (Wildman–Crippen LogP) is 13.2. The van der Waals surface area contributed by atoms with Gasteiger partial charge in [-0.25, -0.2) is 15.0 Å². The molecule has 54 heavy (non-hydrogen) atoms. The second-order valence-corrected chi connectivity index (χ2v) is 13.3. The summed E-state index contributed by atoms with van der Waals surface area (Å²) in [6.07, 6.45) is 0. The van der Waals surface area contributed by atoms with Crippen molar-refractivity contribution in [2.45, 2.75) is 0 Å². The molecule has 3 heteroatoms. The van der Waals surface area contributed by atoms with E-state index in [4.69, 9.17) is 15.0 Å². The molecule has 0 spiro atoms. The Balaban J connectivity index is 1.19. The van der Waals surface area contributed by atoms with Crippen molar-refractivity contribution < 1.29 is 0 Å². The largest absolute Gasteiger partial charge is 0.208 e. The second-order valence-electron chi connectivity index (χ2n) is 13.3. The van der Waals surface area contributed by atoms with Crippen LogP contribution in [0, 0.1) is 0 Å². The summed E-state index contributed by atoms with van der Waals surface area (Å²) >= 11 is 0. The van der Waals surface area contributed by atoms with Crippen molar-refractivity contribution in [2.24, 2.45) is 0 Å². The van der Waals surface area contributed by atoms with E-state index in [0.29, 0.717) is 17.5 Å². The van der Waals surface area contributed by atoms with E-state index in [2.05, 4.69) is 194 Å².